The number of nitrogens with two attached hydrogens (primary N) is 2. The fourth-order valence-corrected chi connectivity index (χ4v) is 3.61. The lowest BCUT2D eigenvalue weighted by atomic mass is 10.3. The highest BCUT2D eigenvalue weighted by Crippen LogP contribution is 2.21. The minimum Gasteiger partial charge on any atom is -0.376 e. The topological polar surface area (TPSA) is 144 Å². The van der Waals surface area contributed by atoms with Crippen molar-refractivity contribution in [3.63, 3.8) is 0 Å². The molecule has 0 aliphatic carbocycles. The SMILES string of the molecule is NC(=S)Nc1cccc(S(=O)(=O)Nc2cccc(S(N)(=O)=O)c2)c1. The van der Waals surface area contributed by atoms with Crippen LogP contribution in [-0.2, 0) is 20.0 Å². The number of nitrogens with one attached hydrogen (secondary N) is 2. The second-order valence-electron chi connectivity index (χ2n) is 4.70. The van der Waals surface area contributed by atoms with E-state index in [4.69, 9.17) is 23.1 Å². The number of thiocarbonyl (C=S) groups is 1. The molecule has 0 spiro atoms. The van der Waals surface area contributed by atoms with E-state index in [1.165, 1.54) is 36.4 Å². The number of hydrogen-bond acceptors (Lipinski definition) is 5. The van der Waals surface area contributed by atoms with Gasteiger partial charge in [-0.3, -0.25) is 4.72 Å². The number of benzene rings is 2. The lowest BCUT2D eigenvalue weighted by molar-refractivity contribution is 0.596. The van der Waals surface area contributed by atoms with E-state index in [1.54, 1.807) is 6.07 Å². The van der Waals surface area contributed by atoms with Gasteiger partial charge in [0, 0.05) is 5.69 Å². The Bertz CT molecular complexity index is 988. The summed E-state index contributed by atoms with van der Waals surface area (Å²) in [5, 5.41) is 7.66. The number of primary sulfonamides is 1. The molecule has 0 saturated heterocycles. The summed E-state index contributed by atoms with van der Waals surface area (Å²) in [6.45, 7) is 0. The summed E-state index contributed by atoms with van der Waals surface area (Å²) in [5.41, 5.74) is 5.82. The predicted octanol–water partition coefficient (Wildman–Crippen LogP) is 0.790. The highest BCUT2D eigenvalue weighted by Gasteiger charge is 2.16. The minimum absolute atomic E-state index is 0.00152. The van der Waals surface area contributed by atoms with Crippen LogP contribution in [0.2, 0.25) is 0 Å². The Hall–Kier alpha value is -2.21. The molecule has 128 valence electrons. The largest absolute Gasteiger partial charge is 0.376 e. The molecule has 11 heteroatoms. The lowest BCUT2D eigenvalue weighted by Crippen LogP contribution is -2.19. The van der Waals surface area contributed by atoms with Crippen LogP contribution in [0.25, 0.3) is 0 Å². The van der Waals surface area contributed by atoms with E-state index in [0.29, 0.717) is 5.69 Å². The van der Waals surface area contributed by atoms with Crippen LogP contribution < -0.4 is 20.9 Å². The second-order valence-corrected chi connectivity index (χ2v) is 8.38. The van der Waals surface area contributed by atoms with Crippen molar-refractivity contribution in [1.29, 1.82) is 0 Å². The summed E-state index contributed by atoms with van der Waals surface area (Å²) < 4.78 is 49.8. The predicted molar refractivity (Wildman–Crippen MR) is 95.5 cm³/mol. The molecule has 0 heterocycles. The van der Waals surface area contributed by atoms with Crippen LogP contribution in [0.4, 0.5) is 11.4 Å². The van der Waals surface area contributed by atoms with Gasteiger partial charge in [0.05, 0.1) is 15.5 Å². The van der Waals surface area contributed by atoms with Gasteiger partial charge in [-0.2, -0.15) is 0 Å². The first-order chi connectivity index (χ1) is 11.1. The maximum atomic E-state index is 12.4. The molecule has 0 saturated carbocycles. The molecular formula is C13H14N4O4S3. The average molecular weight is 386 g/mol. The molecule has 0 radical (unpaired) electrons. The van der Waals surface area contributed by atoms with Gasteiger partial charge in [0.15, 0.2) is 5.11 Å². The molecule has 0 atom stereocenters. The van der Waals surface area contributed by atoms with E-state index in [9.17, 15) is 16.8 Å². The highest BCUT2D eigenvalue weighted by atomic mass is 32.2. The molecule has 0 aromatic heterocycles. The molecule has 0 aliphatic heterocycles. The molecule has 2 rings (SSSR count). The Morgan fingerprint density at radius 2 is 1.46 bits per heavy atom. The zero-order valence-electron chi connectivity index (χ0n) is 12.1. The Balaban J connectivity index is 2.34. The van der Waals surface area contributed by atoms with Gasteiger partial charge in [-0.15, -0.1) is 0 Å². The summed E-state index contributed by atoms with van der Waals surface area (Å²) in [5.74, 6) is 0. The highest BCUT2D eigenvalue weighted by molar-refractivity contribution is 7.92. The summed E-state index contributed by atoms with van der Waals surface area (Å²) in [6.07, 6.45) is 0. The lowest BCUT2D eigenvalue weighted by Gasteiger charge is -2.11. The standard InChI is InChI=1S/C13H14N4O4S3/c14-13(22)16-9-3-1-6-12(7-9)24(20,21)17-10-4-2-5-11(8-10)23(15,18)19/h1-8,17H,(H3,14,16,22)(H2,15,18,19). The van der Waals surface area contributed by atoms with Crippen LogP contribution in [-0.4, -0.2) is 21.9 Å². The van der Waals surface area contributed by atoms with Crippen LogP contribution in [0.1, 0.15) is 0 Å². The van der Waals surface area contributed by atoms with Crippen molar-refractivity contribution in [1.82, 2.24) is 0 Å². The fourth-order valence-electron chi connectivity index (χ4n) is 1.83. The molecular weight excluding hydrogens is 372 g/mol. The van der Waals surface area contributed by atoms with Crippen molar-refractivity contribution in [2.24, 2.45) is 10.9 Å². The van der Waals surface area contributed by atoms with Gasteiger partial charge in [0.25, 0.3) is 10.0 Å². The monoisotopic (exact) mass is 386 g/mol. The van der Waals surface area contributed by atoms with Crippen LogP contribution in [0, 0.1) is 0 Å². The number of hydrogen-bond donors (Lipinski definition) is 4. The van der Waals surface area contributed by atoms with Gasteiger partial charge in [-0.05, 0) is 48.6 Å². The molecule has 0 bridgehead atoms. The van der Waals surface area contributed by atoms with Crippen LogP contribution >= 0.6 is 12.2 Å². The van der Waals surface area contributed by atoms with E-state index >= 15 is 0 Å². The van der Waals surface area contributed by atoms with Crippen molar-refractivity contribution < 1.29 is 16.8 Å². The second kappa shape index (κ2) is 6.73. The number of anilines is 2. The van der Waals surface area contributed by atoms with Crippen LogP contribution in [0.3, 0.4) is 0 Å². The van der Waals surface area contributed by atoms with E-state index in [-0.39, 0.29) is 20.6 Å². The summed E-state index contributed by atoms with van der Waals surface area (Å²) in [4.78, 5) is -0.253. The first-order valence-electron chi connectivity index (χ1n) is 6.40. The first-order valence-corrected chi connectivity index (χ1v) is 9.84. The Morgan fingerprint density at radius 3 is 2.04 bits per heavy atom. The van der Waals surface area contributed by atoms with Gasteiger partial charge in [-0.1, -0.05) is 12.1 Å². The molecule has 2 aromatic carbocycles. The average Bonchev–Trinajstić information content (AvgIpc) is 2.46. The zero-order chi connectivity index (χ0) is 18.0. The van der Waals surface area contributed by atoms with Crippen molar-refractivity contribution in [2.45, 2.75) is 9.79 Å². The normalized spacial score (nSPS) is 11.7. The molecule has 0 fully saturated rings. The van der Waals surface area contributed by atoms with E-state index < -0.39 is 20.0 Å². The van der Waals surface area contributed by atoms with Crippen LogP contribution in [0.5, 0.6) is 0 Å². The maximum Gasteiger partial charge on any atom is 0.261 e. The molecule has 24 heavy (non-hydrogen) atoms. The third-order valence-electron chi connectivity index (χ3n) is 2.83. The molecule has 2 aromatic rings. The fraction of sp³-hybridized carbons (Fsp3) is 0. The quantitative estimate of drug-likeness (QED) is 0.556. The smallest absolute Gasteiger partial charge is 0.261 e. The van der Waals surface area contributed by atoms with Gasteiger partial charge in [-0.25, -0.2) is 22.0 Å². The summed E-state index contributed by atoms with van der Waals surface area (Å²) in [7, 11) is -7.88. The van der Waals surface area contributed by atoms with Crippen molar-refractivity contribution in [3.05, 3.63) is 48.5 Å². The Kier molecular flexibility index (Phi) is 5.08. The van der Waals surface area contributed by atoms with Gasteiger partial charge < -0.3 is 11.1 Å². The molecule has 0 amide bonds. The van der Waals surface area contributed by atoms with Gasteiger partial charge in [0.1, 0.15) is 0 Å². The van der Waals surface area contributed by atoms with Crippen LogP contribution in [0.15, 0.2) is 58.3 Å². The molecule has 8 nitrogen and oxygen atoms in total. The summed E-state index contributed by atoms with van der Waals surface area (Å²) in [6, 6.07) is 11.0. The molecule has 6 N–H and O–H groups in total. The van der Waals surface area contributed by atoms with Crippen molar-refractivity contribution >= 4 is 48.8 Å². The maximum absolute atomic E-state index is 12.4. The minimum atomic E-state index is -3.94. The van der Waals surface area contributed by atoms with E-state index in [1.807, 2.05) is 0 Å². The summed E-state index contributed by atoms with van der Waals surface area (Å²) >= 11 is 4.70. The van der Waals surface area contributed by atoms with E-state index in [0.717, 1.165) is 6.07 Å². The van der Waals surface area contributed by atoms with Crippen molar-refractivity contribution in [3.8, 4) is 0 Å². The number of sulfonamides is 2. The third kappa shape index (κ3) is 4.64. The van der Waals surface area contributed by atoms with E-state index in [2.05, 4.69) is 10.0 Å². The zero-order valence-corrected chi connectivity index (χ0v) is 14.6. The molecule has 0 unspecified atom stereocenters. The first kappa shape index (κ1) is 18.1. The Morgan fingerprint density at radius 1 is 0.917 bits per heavy atom. The third-order valence-corrected chi connectivity index (χ3v) is 5.22. The Labute approximate surface area is 145 Å². The van der Waals surface area contributed by atoms with Crippen molar-refractivity contribution in [2.75, 3.05) is 10.0 Å². The number of rotatable bonds is 5. The van der Waals surface area contributed by atoms with Gasteiger partial charge in [0.2, 0.25) is 10.0 Å². The van der Waals surface area contributed by atoms with Gasteiger partial charge >= 0.3 is 0 Å². The molecule has 0 aliphatic rings.